The van der Waals surface area contributed by atoms with Crippen LogP contribution in [-0.2, 0) is 33.0 Å². The molecular weight excluding hydrogens is 385 g/mol. The standard InChI is InChI=1S/C22H26FN5O2/c1-14-10-17(30-26-14)13-27(2)16-8-9-20-18(11-16)21(25-28(20)3)22(29)24-12-15-6-4-5-7-19(15)23/h4-7,10,16H,8-9,11-13H2,1-3H3,(H,24,29). The second-order valence-electron chi connectivity index (χ2n) is 7.92. The van der Waals surface area contributed by atoms with Gasteiger partial charge in [-0.15, -0.1) is 0 Å². The normalized spacial score (nSPS) is 16.0. The largest absolute Gasteiger partial charge is 0.360 e. The molecule has 158 valence electrons. The highest BCUT2D eigenvalue weighted by Crippen LogP contribution is 2.27. The first-order valence-electron chi connectivity index (χ1n) is 10.1. The molecule has 1 N–H and O–H groups in total. The van der Waals surface area contributed by atoms with Crippen molar-refractivity contribution < 1.29 is 13.7 Å². The topological polar surface area (TPSA) is 76.2 Å². The fourth-order valence-corrected chi connectivity index (χ4v) is 4.10. The van der Waals surface area contributed by atoms with E-state index >= 15 is 0 Å². The Labute approximate surface area is 174 Å². The van der Waals surface area contributed by atoms with Gasteiger partial charge in [-0.05, 0) is 39.3 Å². The second kappa shape index (κ2) is 8.39. The van der Waals surface area contributed by atoms with Crippen LogP contribution in [-0.4, -0.2) is 38.8 Å². The first-order chi connectivity index (χ1) is 14.4. The van der Waals surface area contributed by atoms with E-state index < -0.39 is 0 Å². The van der Waals surface area contributed by atoms with E-state index in [1.165, 1.54) is 6.07 Å². The first kappa shape index (κ1) is 20.3. The van der Waals surface area contributed by atoms with E-state index in [0.29, 0.717) is 17.8 Å². The van der Waals surface area contributed by atoms with Crippen LogP contribution in [0.15, 0.2) is 34.9 Å². The molecule has 0 saturated carbocycles. The quantitative estimate of drug-likeness (QED) is 0.675. The third-order valence-electron chi connectivity index (χ3n) is 5.75. The molecule has 30 heavy (non-hydrogen) atoms. The van der Waals surface area contributed by atoms with Crippen LogP contribution in [0.3, 0.4) is 0 Å². The van der Waals surface area contributed by atoms with Crippen LogP contribution in [0.1, 0.15) is 45.2 Å². The highest BCUT2D eigenvalue weighted by Gasteiger charge is 2.30. The SMILES string of the molecule is Cc1cc(CN(C)C2CCc3c(c(C(=O)NCc4ccccc4F)nn3C)C2)on1. The molecular formula is C22H26FN5O2. The molecule has 1 aliphatic carbocycles. The number of amides is 1. The molecule has 0 radical (unpaired) electrons. The third-order valence-corrected chi connectivity index (χ3v) is 5.75. The molecule has 3 aromatic rings. The van der Waals surface area contributed by atoms with E-state index in [0.717, 1.165) is 42.0 Å². The van der Waals surface area contributed by atoms with Gasteiger partial charge in [-0.1, -0.05) is 23.4 Å². The van der Waals surface area contributed by atoms with Crippen molar-refractivity contribution in [2.45, 2.75) is 45.3 Å². The summed E-state index contributed by atoms with van der Waals surface area (Å²) in [5.74, 6) is 0.226. The van der Waals surface area contributed by atoms with Crippen LogP contribution < -0.4 is 5.32 Å². The van der Waals surface area contributed by atoms with Gasteiger partial charge in [0.25, 0.3) is 5.91 Å². The number of hydrogen-bond donors (Lipinski definition) is 1. The van der Waals surface area contributed by atoms with E-state index in [-0.39, 0.29) is 24.3 Å². The van der Waals surface area contributed by atoms with E-state index in [9.17, 15) is 9.18 Å². The molecule has 0 bridgehead atoms. The lowest BCUT2D eigenvalue weighted by molar-refractivity contribution is 0.0943. The summed E-state index contributed by atoms with van der Waals surface area (Å²) in [6.07, 6.45) is 2.56. The molecule has 0 aliphatic heterocycles. The lowest BCUT2D eigenvalue weighted by atomic mass is 9.90. The van der Waals surface area contributed by atoms with Crippen molar-refractivity contribution in [1.29, 1.82) is 0 Å². The minimum absolute atomic E-state index is 0.130. The fourth-order valence-electron chi connectivity index (χ4n) is 4.10. The molecule has 1 unspecified atom stereocenters. The maximum Gasteiger partial charge on any atom is 0.272 e. The summed E-state index contributed by atoms with van der Waals surface area (Å²) in [5, 5.41) is 11.2. The maximum absolute atomic E-state index is 13.9. The Kier molecular flexibility index (Phi) is 5.67. The Bertz CT molecular complexity index is 1060. The Morgan fingerprint density at radius 3 is 2.93 bits per heavy atom. The van der Waals surface area contributed by atoms with Crippen LogP contribution in [0.4, 0.5) is 4.39 Å². The second-order valence-corrected chi connectivity index (χ2v) is 7.92. The highest BCUT2D eigenvalue weighted by atomic mass is 19.1. The van der Waals surface area contributed by atoms with Crippen molar-refractivity contribution in [2.24, 2.45) is 7.05 Å². The van der Waals surface area contributed by atoms with Gasteiger partial charge in [-0.25, -0.2) is 4.39 Å². The van der Waals surface area contributed by atoms with Gasteiger partial charge in [-0.3, -0.25) is 14.4 Å². The van der Waals surface area contributed by atoms with Crippen LogP contribution in [0.5, 0.6) is 0 Å². The van der Waals surface area contributed by atoms with Crippen molar-refractivity contribution in [2.75, 3.05) is 7.05 Å². The van der Waals surface area contributed by atoms with Crippen molar-refractivity contribution in [3.63, 3.8) is 0 Å². The number of hydrogen-bond acceptors (Lipinski definition) is 5. The number of rotatable bonds is 6. The number of carbonyl (C=O) groups is 1. The molecule has 1 atom stereocenters. The minimum atomic E-state index is -0.329. The highest BCUT2D eigenvalue weighted by molar-refractivity contribution is 5.94. The number of aryl methyl sites for hydroxylation is 2. The van der Waals surface area contributed by atoms with Gasteiger partial charge in [0.15, 0.2) is 11.5 Å². The van der Waals surface area contributed by atoms with Crippen LogP contribution in [0.2, 0.25) is 0 Å². The Morgan fingerprint density at radius 1 is 1.40 bits per heavy atom. The van der Waals surface area contributed by atoms with Gasteiger partial charge in [0, 0.05) is 42.5 Å². The summed E-state index contributed by atoms with van der Waals surface area (Å²) in [4.78, 5) is 15.1. The maximum atomic E-state index is 13.9. The lowest BCUT2D eigenvalue weighted by Gasteiger charge is -2.30. The zero-order valence-electron chi connectivity index (χ0n) is 17.5. The van der Waals surface area contributed by atoms with E-state index in [2.05, 4.69) is 27.5 Å². The number of nitrogens with zero attached hydrogens (tertiary/aromatic N) is 4. The monoisotopic (exact) mass is 411 g/mol. The average Bonchev–Trinajstić information content (AvgIpc) is 3.29. The molecule has 1 amide bonds. The molecule has 2 aromatic heterocycles. The van der Waals surface area contributed by atoms with Crippen molar-refractivity contribution in [3.05, 3.63) is 70.1 Å². The van der Waals surface area contributed by atoms with Crippen molar-refractivity contribution in [3.8, 4) is 0 Å². The summed E-state index contributed by atoms with van der Waals surface area (Å²) in [6, 6.07) is 8.65. The van der Waals surface area contributed by atoms with Gasteiger partial charge >= 0.3 is 0 Å². The predicted octanol–water partition coefficient (Wildman–Crippen LogP) is 2.77. The third kappa shape index (κ3) is 4.14. The van der Waals surface area contributed by atoms with Crippen molar-refractivity contribution >= 4 is 5.91 Å². The van der Waals surface area contributed by atoms with Crippen molar-refractivity contribution in [1.82, 2.24) is 25.2 Å². The fraction of sp³-hybridized carbons (Fsp3) is 0.409. The molecule has 4 rings (SSSR count). The average molecular weight is 411 g/mol. The summed E-state index contributed by atoms with van der Waals surface area (Å²) in [7, 11) is 3.93. The predicted molar refractivity (Wildman–Crippen MR) is 109 cm³/mol. The summed E-state index contributed by atoms with van der Waals surface area (Å²) >= 11 is 0. The lowest BCUT2D eigenvalue weighted by Crippen LogP contribution is -2.37. The summed E-state index contributed by atoms with van der Waals surface area (Å²) < 4.78 is 21.0. The van der Waals surface area contributed by atoms with Crippen LogP contribution in [0.25, 0.3) is 0 Å². The Morgan fingerprint density at radius 2 is 2.20 bits per heavy atom. The number of nitrogens with one attached hydrogen (secondary N) is 1. The number of carbonyl (C=O) groups excluding carboxylic acids is 1. The number of aromatic nitrogens is 3. The number of benzene rings is 1. The van der Waals surface area contributed by atoms with Crippen LogP contribution >= 0.6 is 0 Å². The van der Waals surface area contributed by atoms with E-state index in [4.69, 9.17) is 4.52 Å². The molecule has 1 aliphatic rings. The Balaban J connectivity index is 1.47. The molecule has 0 saturated heterocycles. The van der Waals surface area contributed by atoms with Gasteiger partial charge in [-0.2, -0.15) is 5.10 Å². The van der Waals surface area contributed by atoms with E-state index in [1.807, 2.05) is 20.0 Å². The zero-order chi connectivity index (χ0) is 21.3. The minimum Gasteiger partial charge on any atom is -0.360 e. The van der Waals surface area contributed by atoms with Gasteiger partial charge in [0.05, 0.1) is 12.2 Å². The molecule has 2 heterocycles. The molecule has 1 aromatic carbocycles. The number of likely N-dealkylation sites (N-methyl/N-ethyl adjacent to an activating group) is 1. The van der Waals surface area contributed by atoms with Gasteiger partial charge < -0.3 is 9.84 Å². The Hall–Kier alpha value is -3.00. The number of halogens is 1. The summed E-state index contributed by atoms with van der Waals surface area (Å²) in [5.41, 5.74) is 3.81. The molecule has 0 fully saturated rings. The van der Waals surface area contributed by atoms with Gasteiger partial charge in [0.1, 0.15) is 5.82 Å². The molecule has 0 spiro atoms. The molecule has 7 nitrogen and oxygen atoms in total. The summed E-state index contributed by atoms with van der Waals surface area (Å²) in [6.45, 7) is 2.70. The van der Waals surface area contributed by atoms with Gasteiger partial charge in [0.2, 0.25) is 0 Å². The van der Waals surface area contributed by atoms with E-state index in [1.54, 1.807) is 22.9 Å². The number of fused-ring (bicyclic) bond motifs is 1. The molecule has 8 heteroatoms. The zero-order valence-corrected chi connectivity index (χ0v) is 17.5. The first-order valence-corrected chi connectivity index (χ1v) is 10.1. The van der Waals surface area contributed by atoms with Crippen LogP contribution in [0, 0.1) is 12.7 Å². The smallest absolute Gasteiger partial charge is 0.272 e.